The van der Waals surface area contributed by atoms with Crippen molar-refractivity contribution in [2.45, 2.75) is 46.1 Å². The van der Waals surface area contributed by atoms with Crippen molar-refractivity contribution in [3.05, 3.63) is 36.1 Å². The minimum absolute atomic E-state index is 0.122. The second kappa shape index (κ2) is 9.27. The smallest absolute Gasteiger partial charge is 0.316 e. The number of nitrogens with zero attached hydrogens (tertiary/aromatic N) is 1. The van der Waals surface area contributed by atoms with Crippen LogP contribution in [0, 0.1) is 11.3 Å². The maximum Gasteiger partial charge on any atom is 0.316 e. The second-order valence-electron chi connectivity index (χ2n) is 8.20. The molecule has 1 aliphatic heterocycles. The summed E-state index contributed by atoms with van der Waals surface area (Å²) in [5.74, 6) is 3.05. The van der Waals surface area contributed by atoms with Gasteiger partial charge in [0.1, 0.15) is 5.76 Å². The normalized spacial score (nSPS) is 22.1. The van der Waals surface area contributed by atoms with Crippen LogP contribution in [-0.4, -0.2) is 44.7 Å². The third-order valence-corrected chi connectivity index (χ3v) is 5.15. The lowest BCUT2D eigenvalue weighted by Crippen LogP contribution is -2.33. The molecule has 0 aromatic heterocycles. The molecule has 3 rings (SSSR count). The van der Waals surface area contributed by atoms with E-state index in [0.29, 0.717) is 6.04 Å². The molecule has 5 heteroatoms. The summed E-state index contributed by atoms with van der Waals surface area (Å²) in [6.45, 7) is 6.85. The summed E-state index contributed by atoms with van der Waals surface area (Å²) in [6.07, 6.45) is 5.34. The number of para-hydroxylation sites is 2. The average Bonchev–Trinajstić information content (AvgIpc) is 3.02. The van der Waals surface area contributed by atoms with Crippen molar-refractivity contribution < 1.29 is 19.0 Å². The van der Waals surface area contributed by atoms with Gasteiger partial charge in [0.2, 0.25) is 0 Å². The minimum atomic E-state index is -0.417. The van der Waals surface area contributed by atoms with Gasteiger partial charge in [-0.3, -0.25) is 4.79 Å². The molecule has 150 valence electrons. The van der Waals surface area contributed by atoms with Crippen LogP contribution in [0.15, 0.2) is 36.1 Å². The van der Waals surface area contributed by atoms with E-state index in [9.17, 15) is 4.79 Å². The Morgan fingerprint density at radius 1 is 1.11 bits per heavy atom. The number of hydrogen-bond donors (Lipinski definition) is 0. The maximum absolute atomic E-state index is 11.8. The largest absolute Gasteiger partial charge is 0.493 e. The molecular formula is C22H33NO4. The predicted octanol–water partition coefficient (Wildman–Crippen LogP) is 4.28. The Hall–Kier alpha value is -2.01. The number of esters is 1. The standard InChI is InChI=1S/C14H23NO2.C8H10O2/c1-14(2,3)13(16)17-11-6-5-10-7-8-15(4)12(10)9-11;1-9-7-5-3-4-6-8(7)10-2/h6,10,12H,5,7-9H2,1-4H3;3-6H,1-2H3. The van der Waals surface area contributed by atoms with Crippen LogP contribution in [-0.2, 0) is 9.53 Å². The van der Waals surface area contributed by atoms with Crippen LogP contribution in [0.1, 0.15) is 40.0 Å². The van der Waals surface area contributed by atoms with Crippen molar-refractivity contribution in [2.75, 3.05) is 27.8 Å². The first kappa shape index (κ1) is 21.3. The van der Waals surface area contributed by atoms with Crippen molar-refractivity contribution in [1.29, 1.82) is 0 Å². The van der Waals surface area contributed by atoms with E-state index in [0.717, 1.165) is 36.0 Å². The maximum atomic E-state index is 11.8. The van der Waals surface area contributed by atoms with E-state index >= 15 is 0 Å². The van der Waals surface area contributed by atoms with Gasteiger partial charge >= 0.3 is 5.97 Å². The van der Waals surface area contributed by atoms with Gasteiger partial charge in [-0.1, -0.05) is 12.1 Å². The average molecular weight is 376 g/mol. The van der Waals surface area contributed by atoms with E-state index in [1.54, 1.807) is 14.2 Å². The number of carbonyl (C=O) groups is 1. The monoisotopic (exact) mass is 375 g/mol. The summed E-state index contributed by atoms with van der Waals surface area (Å²) in [5.41, 5.74) is -0.417. The highest BCUT2D eigenvalue weighted by molar-refractivity contribution is 5.76. The lowest BCUT2D eigenvalue weighted by Gasteiger charge is -2.30. The Bertz CT molecular complexity index is 640. The molecule has 0 N–H and O–H groups in total. The van der Waals surface area contributed by atoms with Gasteiger partial charge in [-0.25, -0.2) is 0 Å². The van der Waals surface area contributed by atoms with Crippen LogP contribution in [0.4, 0.5) is 0 Å². The molecule has 1 aromatic carbocycles. The summed E-state index contributed by atoms with van der Waals surface area (Å²) >= 11 is 0. The minimum Gasteiger partial charge on any atom is -0.493 e. The van der Waals surface area contributed by atoms with Crippen LogP contribution >= 0.6 is 0 Å². The molecule has 2 unspecified atom stereocenters. The molecule has 1 saturated heterocycles. The fourth-order valence-electron chi connectivity index (χ4n) is 3.40. The predicted molar refractivity (Wildman–Crippen MR) is 107 cm³/mol. The molecule has 27 heavy (non-hydrogen) atoms. The number of likely N-dealkylation sites (tertiary alicyclic amines) is 1. The van der Waals surface area contributed by atoms with Crippen molar-refractivity contribution in [1.82, 2.24) is 4.90 Å². The second-order valence-corrected chi connectivity index (χ2v) is 8.20. The van der Waals surface area contributed by atoms with Gasteiger partial charge in [0.15, 0.2) is 11.5 Å². The van der Waals surface area contributed by atoms with Crippen LogP contribution in [0.5, 0.6) is 11.5 Å². The molecular weight excluding hydrogens is 342 g/mol. The van der Waals surface area contributed by atoms with Gasteiger partial charge in [-0.15, -0.1) is 0 Å². The summed E-state index contributed by atoms with van der Waals surface area (Å²) in [4.78, 5) is 14.2. The van der Waals surface area contributed by atoms with E-state index < -0.39 is 5.41 Å². The molecule has 2 aliphatic rings. The van der Waals surface area contributed by atoms with Crippen LogP contribution in [0.2, 0.25) is 0 Å². The number of fused-ring (bicyclic) bond motifs is 1. The van der Waals surface area contributed by atoms with E-state index in [1.165, 1.54) is 13.0 Å². The molecule has 0 spiro atoms. The number of allylic oxidation sites excluding steroid dienone is 1. The van der Waals surface area contributed by atoms with Crippen LogP contribution in [0.25, 0.3) is 0 Å². The Morgan fingerprint density at radius 2 is 1.70 bits per heavy atom. The molecule has 0 bridgehead atoms. The van der Waals surface area contributed by atoms with Gasteiger partial charge in [-0.2, -0.15) is 0 Å². The number of methoxy groups -OCH3 is 2. The lowest BCUT2D eigenvalue weighted by molar-refractivity contribution is -0.149. The molecule has 1 fully saturated rings. The third-order valence-electron chi connectivity index (χ3n) is 5.15. The van der Waals surface area contributed by atoms with Crippen LogP contribution < -0.4 is 9.47 Å². The van der Waals surface area contributed by atoms with Crippen molar-refractivity contribution in [3.63, 3.8) is 0 Å². The topological polar surface area (TPSA) is 48.0 Å². The number of rotatable bonds is 3. The molecule has 0 amide bonds. The fourth-order valence-corrected chi connectivity index (χ4v) is 3.40. The lowest BCUT2D eigenvalue weighted by atomic mass is 9.88. The Kier molecular flexibility index (Phi) is 7.31. The zero-order valence-electron chi connectivity index (χ0n) is 17.5. The summed E-state index contributed by atoms with van der Waals surface area (Å²) < 4.78 is 15.5. The number of carbonyl (C=O) groups excluding carboxylic acids is 1. The molecule has 5 nitrogen and oxygen atoms in total. The first-order valence-corrected chi connectivity index (χ1v) is 9.54. The highest BCUT2D eigenvalue weighted by atomic mass is 16.5. The van der Waals surface area contributed by atoms with E-state index in [1.807, 2.05) is 45.0 Å². The third kappa shape index (κ3) is 5.73. The van der Waals surface area contributed by atoms with Crippen LogP contribution in [0.3, 0.4) is 0 Å². The number of hydrogen-bond acceptors (Lipinski definition) is 5. The van der Waals surface area contributed by atoms with Gasteiger partial charge in [0.25, 0.3) is 0 Å². The fraction of sp³-hybridized carbons (Fsp3) is 0.591. The molecule has 1 aliphatic carbocycles. The molecule has 1 heterocycles. The van der Waals surface area contributed by atoms with Crippen molar-refractivity contribution in [2.24, 2.45) is 11.3 Å². The van der Waals surface area contributed by atoms with E-state index in [4.69, 9.17) is 14.2 Å². The zero-order valence-corrected chi connectivity index (χ0v) is 17.5. The summed E-state index contributed by atoms with van der Waals surface area (Å²) in [7, 11) is 5.41. The van der Waals surface area contributed by atoms with Gasteiger partial charge in [-0.05, 0) is 71.3 Å². The van der Waals surface area contributed by atoms with Crippen molar-refractivity contribution in [3.8, 4) is 11.5 Å². The highest BCUT2D eigenvalue weighted by Crippen LogP contribution is 2.35. The number of benzene rings is 1. The first-order valence-electron chi connectivity index (χ1n) is 9.54. The van der Waals surface area contributed by atoms with Gasteiger partial charge in [0.05, 0.1) is 19.6 Å². The van der Waals surface area contributed by atoms with Gasteiger partial charge in [0, 0.05) is 12.5 Å². The van der Waals surface area contributed by atoms with Gasteiger partial charge < -0.3 is 19.1 Å². The summed E-state index contributed by atoms with van der Waals surface area (Å²) in [6, 6.07) is 8.10. The SMILES string of the molecule is CN1CCC2CC=C(OC(=O)C(C)(C)C)CC21.COc1ccccc1OC. The Morgan fingerprint density at radius 3 is 2.22 bits per heavy atom. The van der Waals surface area contributed by atoms with E-state index in [-0.39, 0.29) is 5.97 Å². The quantitative estimate of drug-likeness (QED) is 0.738. The Balaban J connectivity index is 0.000000223. The molecule has 0 saturated carbocycles. The molecule has 2 atom stereocenters. The molecule has 0 radical (unpaired) electrons. The summed E-state index contributed by atoms with van der Waals surface area (Å²) in [5, 5.41) is 0. The first-order chi connectivity index (χ1) is 12.8. The zero-order chi connectivity index (χ0) is 20.0. The molecule has 1 aromatic rings. The highest BCUT2D eigenvalue weighted by Gasteiger charge is 2.36. The number of ether oxygens (including phenoxy) is 3. The Labute approximate surface area is 163 Å². The van der Waals surface area contributed by atoms with Crippen molar-refractivity contribution >= 4 is 5.97 Å². The van der Waals surface area contributed by atoms with E-state index in [2.05, 4.69) is 18.0 Å².